The molecule has 5 rings (SSSR count). The van der Waals surface area contributed by atoms with Crippen LogP contribution in [-0.2, 0) is 0 Å². The van der Waals surface area contributed by atoms with Crippen molar-refractivity contribution >= 4 is 29.4 Å². The lowest BCUT2D eigenvalue weighted by molar-refractivity contribution is 0.103. The summed E-state index contributed by atoms with van der Waals surface area (Å²) in [6.07, 6.45) is 0. The van der Waals surface area contributed by atoms with Crippen molar-refractivity contribution in [2.24, 2.45) is 0 Å². The third-order valence-corrected chi connectivity index (χ3v) is 11.9. The van der Waals surface area contributed by atoms with Crippen molar-refractivity contribution in [2.45, 2.75) is 6.04 Å². The molecule has 0 aliphatic heterocycles. The summed E-state index contributed by atoms with van der Waals surface area (Å²) in [4.78, 5) is 13.5. The van der Waals surface area contributed by atoms with E-state index in [0.29, 0.717) is 29.2 Å². The Morgan fingerprint density at radius 2 is 0.947 bits per heavy atom. The standard InChI is InChI=1S/C34H30O3Si/c1-36-32-23-13-11-21-30(32)34(35)31-22-12-14-24-33(31)37-25-26-38(27-15-5-2-6-16-27,28-17-7-3-8-18-28)29-19-9-4-10-20-29/h2-24H,25-26H2,1H3. The molecule has 0 atom stereocenters. The molecule has 188 valence electrons. The predicted octanol–water partition coefficient (Wildman–Crippen LogP) is 5.48. The fraction of sp³-hybridized carbons (Fsp3) is 0.0882. The van der Waals surface area contributed by atoms with Gasteiger partial charge in [-0.05, 0) is 45.9 Å². The van der Waals surface area contributed by atoms with Gasteiger partial charge in [0.2, 0.25) is 0 Å². The second-order valence-electron chi connectivity index (χ2n) is 9.13. The fourth-order valence-electron chi connectivity index (χ4n) is 5.17. The molecule has 0 saturated carbocycles. The lowest BCUT2D eigenvalue weighted by atomic mass is 10.0. The van der Waals surface area contributed by atoms with Crippen LogP contribution in [0.3, 0.4) is 0 Å². The Bertz CT molecular complexity index is 1390. The van der Waals surface area contributed by atoms with Gasteiger partial charge in [0.05, 0.1) is 24.8 Å². The van der Waals surface area contributed by atoms with Gasteiger partial charge in [0.1, 0.15) is 11.5 Å². The van der Waals surface area contributed by atoms with Crippen LogP contribution in [0.4, 0.5) is 0 Å². The normalized spacial score (nSPS) is 11.1. The quantitative estimate of drug-likeness (QED) is 0.141. The molecule has 38 heavy (non-hydrogen) atoms. The fourth-order valence-corrected chi connectivity index (χ4v) is 9.73. The first-order valence-corrected chi connectivity index (χ1v) is 15.0. The number of hydrogen-bond donors (Lipinski definition) is 0. The highest BCUT2D eigenvalue weighted by atomic mass is 28.3. The number of ether oxygens (including phenoxy) is 2. The van der Waals surface area contributed by atoms with Gasteiger partial charge >= 0.3 is 0 Å². The van der Waals surface area contributed by atoms with E-state index in [1.165, 1.54) is 15.6 Å². The first-order valence-electron chi connectivity index (χ1n) is 12.8. The maximum absolute atomic E-state index is 13.5. The van der Waals surface area contributed by atoms with E-state index in [9.17, 15) is 4.79 Å². The van der Waals surface area contributed by atoms with E-state index in [1.54, 1.807) is 19.2 Å². The molecule has 0 aliphatic rings. The third kappa shape index (κ3) is 5.04. The van der Waals surface area contributed by atoms with Gasteiger partial charge < -0.3 is 9.47 Å². The second kappa shape index (κ2) is 11.8. The van der Waals surface area contributed by atoms with Gasteiger partial charge in [-0.25, -0.2) is 0 Å². The van der Waals surface area contributed by atoms with Gasteiger partial charge in [-0.15, -0.1) is 0 Å². The monoisotopic (exact) mass is 514 g/mol. The van der Waals surface area contributed by atoms with Gasteiger partial charge in [-0.3, -0.25) is 4.79 Å². The maximum atomic E-state index is 13.5. The molecule has 4 heteroatoms. The van der Waals surface area contributed by atoms with Crippen LogP contribution in [-0.4, -0.2) is 27.6 Å². The minimum Gasteiger partial charge on any atom is -0.496 e. The zero-order valence-corrected chi connectivity index (χ0v) is 22.4. The Morgan fingerprint density at radius 3 is 1.42 bits per heavy atom. The molecule has 0 N–H and O–H groups in total. The van der Waals surface area contributed by atoms with Crippen LogP contribution in [0, 0.1) is 0 Å². The minimum absolute atomic E-state index is 0.115. The summed E-state index contributed by atoms with van der Waals surface area (Å²) in [5.41, 5.74) is 1.05. The average molecular weight is 515 g/mol. The highest BCUT2D eigenvalue weighted by molar-refractivity contribution is 7.11. The van der Waals surface area contributed by atoms with Crippen molar-refractivity contribution in [3.63, 3.8) is 0 Å². The zero-order valence-electron chi connectivity index (χ0n) is 21.4. The summed E-state index contributed by atoms with van der Waals surface area (Å²) >= 11 is 0. The molecule has 3 nitrogen and oxygen atoms in total. The highest BCUT2D eigenvalue weighted by Crippen LogP contribution is 2.27. The number of benzene rings is 5. The van der Waals surface area contributed by atoms with Gasteiger partial charge in [0.25, 0.3) is 0 Å². The van der Waals surface area contributed by atoms with E-state index in [4.69, 9.17) is 9.47 Å². The minimum atomic E-state index is -2.43. The summed E-state index contributed by atoms with van der Waals surface area (Å²) in [5, 5.41) is 4.00. The molecule has 0 bridgehead atoms. The Labute approximate surface area is 225 Å². The number of rotatable bonds is 10. The van der Waals surface area contributed by atoms with E-state index in [1.807, 2.05) is 36.4 Å². The van der Waals surface area contributed by atoms with Crippen molar-refractivity contribution in [2.75, 3.05) is 13.7 Å². The van der Waals surface area contributed by atoms with Crippen LogP contribution in [0.15, 0.2) is 140 Å². The summed E-state index contributed by atoms with van der Waals surface area (Å²) < 4.78 is 11.9. The van der Waals surface area contributed by atoms with E-state index in [-0.39, 0.29) is 5.78 Å². The Balaban J connectivity index is 1.51. The van der Waals surface area contributed by atoms with Gasteiger partial charge in [-0.1, -0.05) is 115 Å². The molecule has 0 amide bonds. The second-order valence-corrected chi connectivity index (χ2v) is 13.2. The van der Waals surface area contributed by atoms with Crippen LogP contribution >= 0.6 is 0 Å². The molecule has 0 radical (unpaired) electrons. The summed E-state index contributed by atoms with van der Waals surface area (Å²) in [6, 6.07) is 47.9. The van der Waals surface area contributed by atoms with Crippen LogP contribution in [0.1, 0.15) is 15.9 Å². The Hall–Kier alpha value is -4.41. The van der Waals surface area contributed by atoms with Crippen LogP contribution in [0.2, 0.25) is 6.04 Å². The Morgan fingerprint density at radius 1 is 0.553 bits per heavy atom. The topological polar surface area (TPSA) is 35.5 Å². The van der Waals surface area contributed by atoms with E-state index < -0.39 is 8.07 Å². The number of hydrogen-bond acceptors (Lipinski definition) is 3. The van der Waals surface area contributed by atoms with Gasteiger partial charge in [0.15, 0.2) is 13.9 Å². The SMILES string of the molecule is COc1ccccc1C(=O)c1ccccc1OCC[Si](c1ccccc1)(c1ccccc1)c1ccccc1. The number of para-hydroxylation sites is 2. The Kier molecular flexibility index (Phi) is 7.81. The van der Waals surface area contributed by atoms with Gasteiger partial charge in [-0.2, -0.15) is 0 Å². The van der Waals surface area contributed by atoms with Crippen LogP contribution in [0.25, 0.3) is 0 Å². The van der Waals surface area contributed by atoms with Crippen molar-refractivity contribution < 1.29 is 14.3 Å². The number of methoxy groups -OCH3 is 1. The maximum Gasteiger partial charge on any atom is 0.200 e. The zero-order chi connectivity index (χ0) is 26.2. The largest absolute Gasteiger partial charge is 0.496 e. The number of carbonyl (C=O) groups excluding carboxylic acids is 1. The van der Waals surface area contributed by atoms with E-state index in [0.717, 1.165) is 6.04 Å². The third-order valence-electron chi connectivity index (χ3n) is 7.02. The van der Waals surface area contributed by atoms with Crippen LogP contribution in [0.5, 0.6) is 11.5 Å². The van der Waals surface area contributed by atoms with E-state index >= 15 is 0 Å². The first-order chi connectivity index (χ1) is 18.7. The molecule has 0 heterocycles. The summed E-state index contributed by atoms with van der Waals surface area (Å²) in [6.45, 7) is 0.473. The smallest absolute Gasteiger partial charge is 0.200 e. The number of ketones is 1. The molecule has 5 aromatic rings. The number of carbonyl (C=O) groups is 1. The summed E-state index contributed by atoms with van der Waals surface area (Å²) in [5.74, 6) is 1.02. The highest BCUT2D eigenvalue weighted by Gasteiger charge is 2.39. The van der Waals surface area contributed by atoms with E-state index in [2.05, 4.69) is 91.0 Å². The van der Waals surface area contributed by atoms with Crippen LogP contribution < -0.4 is 25.0 Å². The molecule has 5 aromatic carbocycles. The molecule has 0 fully saturated rings. The van der Waals surface area contributed by atoms with Crippen molar-refractivity contribution in [1.82, 2.24) is 0 Å². The molecule has 0 spiro atoms. The molecule has 0 aromatic heterocycles. The van der Waals surface area contributed by atoms with Gasteiger partial charge in [0, 0.05) is 0 Å². The first kappa shape index (κ1) is 25.2. The van der Waals surface area contributed by atoms with Crippen molar-refractivity contribution in [3.8, 4) is 11.5 Å². The lowest BCUT2D eigenvalue weighted by Gasteiger charge is -2.33. The lowest BCUT2D eigenvalue weighted by Crippen LogP contribution is -2.67. The predicted molar refractivity (Wildman–Crippen MR) is 157 cm³/mol. The van der Waals surface area contributed by atoms with Crippen molar-refractivity contribution in [1.29, 1.82) is 0 Å². The molecular weight excluding hydrogens is 484 g/mol. The molecule has 0 saturated heterocycles. The van der Waals surface area contributed by atoms with Crippen molar-refractivity contribution in [3.05, 3.63) is 151 Å². The molecule has 0 unspecified atom stereocenters. The molecular formula is C34H30O3Si. The summed E-state index contributed by atoms with van der Waals surface area (Å²) in [7, 11) is -0.852. The molecule has 0 aliphatic carbocycles. The average Bonchev–Trinajstić information content (AvgIpc) is 3.00.